The molecule has 1 aliphatic heterocycles. The molecule has 0 unspecified atom stereocenters. The quantitative estimate of drug-likeness (QED) is 0.0592. The molecule has 15 aromatic rings. The number of aromatic nitrogens is 4. The summed E-state index contributed by atoms with van der Waals surface area (Å²) < 4.78 is 194. The fraction of sp³-hybridized carbons (Fsp3) is 0.0930. The average molecular weight is 1220 g/mol. The van der Waals surface area contributed by atoms with E-state index in [1.165, 1.54) is 0 Å². The third-order valence-corrected chi connectivity index (χ3v) is 21.5. The van der Waals surface area contributed by atoms with Gasteiger partial charge in [0.1, 0.15) is 17.3 Å². The molecule has 0 bridgehead atoms. The third-order valence-electron chi connectivity index (χ3n) is 17.5. The fourth-order valence-corrected chi connectivity index (χ4v) is 16.6. The lowest BCUT2D eigenvalue weighted by atomic mass is 9.85. The van der Waals surface area contributed by atoms with Crippen LogP contribution < -0.4 is 30.1 Å². The highest BCUT2D eigenvalue weighted by Crippen LogP contribution is 2.47. The van der Waals surface area contributed by atoms with Gasteiger partial charge < -0.3 is 4.74 Å². The molecule has 0 N–H and O–H groups in total. The van der Waals surface area contributed by atoms with E-state index in [-0.39, 0.29) is 16.4 Å². The van der Waals surface area contributed by atoms with Crippen LogP contribution in [-0.4, -0.2) is 22.2 Å². The number of para-hydroxylation sites is 3. The third kappa shape index (κ3) is 9.52. The van der Waals surface area contributed by atoms with Crippen LogP contribution in [0, 0.1) is 6.33 Å². The Morgan fingerprint density at radius 1 is 0.424 bits per heavy atom. The summed E-state index contributed by atoms with van der Waals surface area (Å²) in [4.78, 5) is 4.91. The van der Waals surface area contributed by atoms with Crippen molar-refractivity contribution in [2.45, 2.75) is 52.4 Å². The smallest absolute Gasteiger partial charge is 0.269 e. The first kappa shape index (κ1) is 39.3. The number of imidazole rings is 1. The van der Waals surface area contributed by atoms with Gasteiger partial charge in [0.15, 0.2) is 8.07 Å². The fourth-order valence-electron chi connectivity index (χ4n) is 13.0. The molecule has 0 fully saturated rings. The van der Waals surface area contributed by atoms with E-state index in [4.69, 9.17) is 13.8 Å². The lowest BCUT2D eigenvalue weighted by molar-refractivity contribution is -0.570. The summed E-state index contributed by atoms with van der Waals surface area (Å²) in [5.41, 5.74) is 11.8. The summed E-state index contributed by atoms with van der Waals surface area (Å²) in [6.07, 6.45) is 5.70. The Balaban J connectivity index is 0.961. The standard InChI is InChI=1S/C86H68N4OSi/c1-85(2,3)61-45-42-58(43-46-61)70-37-22-38-77-78-53-60(59-24-20-33-69(52-59)92(66-27-10-7-11-28-66,67-29-12-8-13-30-67)68-31-14-9-15-32-68)44-48-73(78)71-34-16-17-35-72(71)76-39-23-41-80-84(76)89(83(70)77)57-88(80)63-25-21-26-64(55-63)91-65-47-49-75-74-36-18-19-40-79(74)90(81(75)56-65)82-54-62(50-51-87-82)86(4,5)6/h7-56H,1-6H3/i7D,8D,9D,10D,11D,12D,13D,14D,15D,20D,24D,27D,28D,29D,30D,31D,32D,33D,52D. The number of pyridine rings is 1. The van der Waals surface area contributed by atoms with Crippen molar-refractivity contribution in [1.82, 2.24) is 14.1 Å². The number of ether oxygens (including phenoxy) is 1. The van der Waals surface area contributed by atoms with E-state index in [1.54, 1.807) is 18.2 Å². The van der Waals surface area contributed by atoms with Crippen LogP contribution in [0.5, 0.6) is 11.5 Å². The molecule has 1 aliphatic rings. The second kappa shape index (κ2) is 22.2. The Hall–Kier alpha value is -10.9. The normalized spacial score (nSPS) is 15.1. The topological polar surface area (TPSA) is 35.9 Å². The van der Waals surface area contributed by atoms with Crippen LogP contribution in [0.4, 0.5) is 0 Å². The lowest BCUT2D eigenvalue weighted by Crippen LogP contribution is -2.74. The minimum Gasteiger partial charge on any atom is -0.458 e. The Labute approximate surface area is 566 Å². The zero-order valence-corrected chi connectivity index (χ0v) is 52.1. The molecular formula is C86H68N4OSi. The predicted molar refractivity (Wildman–Crippen MR) is 384 cm³/mol. The molecule has 3 aromatic heterocycles. The first-order valence-corrected chi connectivity index (χ1v) is 32.4. The summed E-state index contributed by atoms with van der Waals surface area (Å²) in [5.74, 6) is 1.89. The van der Waals surface area contributed by atoms with E-state index >= 15 is 0 Å². The van der Waals surface area contributed by atoms with Gasteiger partial charge in [-0.2, -0.15) is 0 Å². The highest BCUT2D eigenvalue weighted by molar-refractivity contribution is 7.19. The maximum Gasteiger partial charge on any atom is 0.269 e. The van der Waals surface area contributed by atoms with Gasteiger partial charge in [-0.15, -0.1) is 0 Å². The zero-order valence-electron chi connectivity index (χ0n) is 70.1. The van der Waals surface area contributed by atoms with Crippen LogP contribution in [0.15, 0.2) is 303 Å². The number of hydrogen-bond acceptors (Lipinski definition) is 2. The van der Waals surface area contributed by atoms with Crippen molar-refractivity contribution in [3.8, 4) is 84.3 Å². The van der Waals surface area contributed by atoms with Crippen molar-refractivity contribution in [2.24, 2.45) is 0 Å². The Morgan fingerprint density at radius 2 is 1.00 bits per heavy atom. The predicted octanol–water partition coefficient (Wildman–Crippen LogP) is 18.6. The highest BCUT2D eigenvalue weighted by atomic mass is 28.3. The molecule has 0 saturated heterocycles. The average Bonchev–Trinajstić information content (AvgIpc) is 1.30. The van der Waals surface area contributed by atoms with Crippen molar-refractivity contribution in [3.63, 3.8) is 0 Å². The minimum absolute atomic E-state index is 0.0326. The van der Waals surface area contributed by atoms with Crippen LogP contribution in [-0.2, 0) is 10.8 Å². The van der Waals surface area contributed by atoms with Crippen LogP contribution in [0.2, 0.25) is 0 Å². The second-order valence-electron chi connectivity index (χ2n) is 25.1. The molecule has 0 saturated carbocycles. The molecule has 12 aromatic carbocycles. The summed E-state index contributed by atoms with van der Waals surface area (Å²) in [6, 6.07) is 40.2. The number of nitrogens with zero attached hydrogens (tertiary/aromatic N) is 4. The van der Waals surface area contributed by atoms with Crippen molar-refractivity contribution in [1.29, 1.82) is 0 Å². The number of rotatable bonds is 10. The van der Waals surface area contributed by atoms with E-state index in [2.05, 4.69) is 107 Å². The molecule has 442 valence electrons. The van der Waals surface area contributed by atoms with Gasteiger partial charge in [0.2, 0.25) is 0 Å². The van der Waals surface area contributed by atoms with E-state index < -0.39 is 149 Å². The van der Waals surface area contributed by atoms with Crippen molar-refractivity contribution < 1.29 is 35.3 Å². The number of benzene rings is 12. The van der Waals surface area contributed by atoms with Gasteiger partial charge in [-0.05, 0) is 153 Å². The second-order valence-corrected chi connectivity index (χ2v) is 28.6. The molecule has 0 atom stereocenters. The highest BCUT2D eigenvalue weighted by Gasteiger charge is 2.41. The van der Waals surface area contributed by atoms with Crippen molar-refractivity contribution in [2.75, 3.05) is 0 Å². The summed E-state index contributed by atoms with van der Waals surface area (Å²) in [5, 5.41) is -1.56. The minimum atomic E-state index is -6.19. The molecule has 92 heavy (non-hydrogen) atoms. The van der Waals surface area contributed by atoms with E-state index in [9.17, 15) is 21.9 Å². The molecule has 0 amide bonds. The van der Waals surface area contributed by atoms with Gasteiger partial charge in [-0.3, -0.25) is 13.7 Å². The van der Waals surface area contributed by atoms with Crippen molar-refractivity contribution >= 4 is 61.7 Å². The van der Waals surface area contributed by atoms with Gasteiger partial charge in [0.25, 0.3) is 6.33 Å². The Morgan fingerprint density at radius 3 is 1.72 bits per heavy atom. The van der Waals surface area contributed by atoms with Gasteiger partial charge >= 0.3 is 0 Å². The van der Waals surface area contributed by atoms with E-state index in [0.717, 1.165) is 77.6 Å². The SMILES string of the molecule is [2H]c1c([2H])c([2H])c([Si](c2c([2H])c([2H])c([2H])c([2H])c2[2H])(c2c([2H])c([2H])c([2H])c([2H])c2[2H])c2c([2H])c([2H])c([2H])c(-c3ccc4c(c3)-c3cccc(-c5ccc(C(C)(C)C)cc5)c3-[n+]3[c-]n(-c5cccc(Oc6ccc7c8ccccc8n(-c8cc(C(C)(C)C)ccn8)c7c6)c5)c5cccc(c53)-c3ccccc3-4)c2[2H])c([2H])c1[2H]. The van der Waals surface area contributed by atoms with Crippen LogP contribution in [0.3, 0.4) is 0 Å². The molecule has 6 heteroatoms. The molecule has 0 aliphatic carbocycles. The molecule has 0 radical (unpaired) electrons. The molecule has 5 nitrogen and oxygen atoms in total. The largest absolute Gasteiger partial charge is 0.458 e. The first-order chi connectivity index (χ1) is 52.8. The molecule has 4 heterocycles. The number of hydrogen-bond donors (Lipinski definition) is 0. The van der Waals surface area contributed by atoms with Crippen LogP contribution in [0.1, 0.15) is 78.7 Å². The van der Waals surface area contributed by atoms with Crippen molar-refractivity contribution in [3.05, 3.63) is 320 Å². The molecule has 0 spiro atoms. The molecular weight excluding hydrogens is 1130 g/mol. The zero-order chi connectivity index (χ0) is 78.8. The molecule has 16 rings (SSSR count). The summed E-state index contributed by atoms with van der Waals surface area (Å²) in [6.45, 7) is 13.0. The summed E-state index contributed by atoms with van der Waals surface area (Å²) in [7, 11) is -6.19. The van der Waals surface area contributed by atoms with E-state index in [0.29, 0.717) is 39.6 Å². The summed E-state index contributed by atoms with van der Waals surface area (Å²) >= 11 is 0. The maximum absolute atomic E-state index is 10.8. The lowest BCUT2D eigenvalue weighted by Gasteiger charge is -2.34. The first-order valence-electron chi connectivity index (χ1n) is 39.9. The van der Waals surface area contributed by atoms with Crippen LogP contribution >= 0.6 is 0 Å². The number of fused-ring (bicyclic) bond motifs is 10. The monoisotopic (exact) mass is 1220 g/mol. The van der Waals surface area contributed by atoms with Gasteiger partial charge in [0, 0.05) is 23.0 Å². The Kier molecular flexibility index (Phi) is 9.49. The van der Waals surface area contributed by atoms with E-state index in [1.807, 2.05) is 125 Å². The van der Waals surface area contributed by atoms with Gasteiger partial charge in [-0.1, -0.05) is 278 Å². The van der Waals surface area contributed by atoms with Gasteiger partial charge in [-0.25, -0.2) is 4.98 Å². The van der Waals surface area contributed by atoms with Crippen LogP contribution in [0.25, 0.3) is 106 Å². The maximum atomic E-state index is 10.8. The van der Waals surface area contributed by atoms with Gasteiger partial charge in [0.05, 0.1) is 59.5 Å². The Bertz CT molecular complexity index is 6280.